The molecule has 0 saturated carbocycles. The van der Waals surface area contributed by atoms with Crippen molar-refractivity contribution in [2.45, 2.75) is 39.5 Å². The highest BCUT2D eigenvalue weighted by atomic mass is 16.3. The standard InChI is InChI=1S/C23H23NO/c1-14(2)16-12-19(15(3)4)23-20(13-16)17-8-7-9-18(22(17)25-23)21-10-5-6-11-24-21/h5-15H,1-4H3. The van der Waals surface area contributed by atoms with Gasteiger partial charge in [0.2, 0.25) is 0 Å². The van der Waals surface area contributed by atoms with Crippen molar-refractivity contribution in [3.05, 3.63) is 65.9 Å². The van der Waals surface area contributed by atoms with E-state index in [9.17, 15) is 0 Å². The number of nitrogens with zero attached hydrogens (tertiary/aromatic N) is 1. The van der Waals surface area contributed by atoms with E-state index in [2.05, 4.69) is 63.0 Å². The van der Waals surface area contributed by atoms with E-state index in [4.69, 9.17) is 4.42 Å². The van der Waals surface area contributed by atoms with Gasteiger partial charge in [-0.25, -0.2) is 0 Å². The zero-order chi connectivity index (χ0) is 17.6. The van der Waals surface area contributed by atoms with Crippen LogP contribution in [0.25, 0.3) is 33.2 Å². The minimum absolute atomic E-state index is 0.417. The van der Waals surface area contributed by atoms with Crippen LogP contribution in [0.3, 0.4) is 0 Å². The summed E-state index contributed by atoms with van der Waals surface area (Å²) in [5.41, 5.74) is 6.58. The number of fused-ring (bicyclic) bond motifs is 3. The predicted molar refractivity (Wildman–Crippen MR) is 105 cm³/mol. The molecule has 0 saturated heterocycles. The second kappa shape index (κ2) is 6.03. The molecule has 2 nitrogen and oxygen atoms in total. The Morgan fingerprint density at radius 2 is 1.64 bits per heavy atom. The van der Waals surface area contributed by atoms with Crippen molar-refractivity contribution in [1.82, 2.24) is 4.98 Å². The smallest absolute Gasteiger partial charge is 0.144 e. The van der Waals surface area contributed by atoms with Crippen molar-refractivity contribution in [3.8, 4) is 11.3 Å². The van der Waals surface area contributed by atoms with Crippen LogP contribution < -0.4 is 0 Å². The van der Waals surface area contributed by atoms with Gasteiger partial charge in [0, 0.05) is 22.5 Å². The van der Waals surface area contributed by atoms with Gasteiger partial charge in [-0.2, -0.15) is 0 Å². The quantitative estimate of drug-likeness (QED) is 0.409. The lowest BCUT2D eigenvalue weighted by atomic mass is 9.93. The number of pyridine rings is 1. The number of aromatic nitrogens is 1. The first-order valence-corrected chi connectivity index (χ1v) is 8.96. The molecule has 0 amide bonds. The summed E-state index contributed by atoms with van der Waals surface area (Å²) in [6.45, 7) is 8.94. The van der Waals surface area contributed by atoms with Crippen LogP contribution >= 0.6 is 0 Å². The minimum atomic E-state index is 0.417. The molecule has 0 unspecified atom stereocenters. The Labute approximate surface area is 148 Å². The Kier molecular flexibility index (Phi) is 3.84. The lowest BCUT2D eigenvalue weighted by molar-refractivity contribution is 0.657. The van der Waals surface area contributed by atoms with Crippen LogP contribution in [0.4, 0.5) is 0 Å². The van der Waals surface area contributed by atoms with Crippen LogP contribution in [0, 0.1) is 0 Å². The van der Waals surface area contributed by atoms with Crippen molar-refractivity contribution in [2.24, 2.45) is 0 Å². The van der Waals surface area contributed by atoms with Crippen molar-refractivity contribution in [3.63, 3.8) is 0 Å². The summed E-state index contributed by atoms with van der Waals surface area (Å²) in [5, 5.41) is 2.38. The Morgan fingerprint density at radius 1 is 0.800 bits per heavy atom. The highest BCUT2D eigenvalue weighted by Gasteiger charge is 2.18. The van der Waals surface area contributed by atoms with Gasteiger partial charge in [0.25, 0.3) is 0 Å². The van der Waals surface area contributed by atoms with Gasteiger partial charge in [-0.15, -0.1) is 0 Å². The molecule has 0 bridgehead atoms. The number of benzene rings is 2. The highest BCUT2D eigenvalue weighted by Crippen LogP contribution is 2.39. The lowest BCUT2D eigenvalue weighted by Gasteiger charge is -2.11. The molecular formula is C23H23NO. The van der Waals surface area contributed by atoms with E-state index in [1.165, 1.54) is 21.9 Å². The molecule has 0 aliphatic heterocycles. The van der Waals surface area contributed by atoms with Crippen LogP contribution in [0.15, 0.2) is 59.1 Å². The van der Waals surface area contributed by atoms with Crippen LogP contribution in [-0.4, -0.2) is 4.98 Å². The Balaban J connectivity index is 2.10. The van der Waals surface area contributed by atoms with Crippen LogP contribution in [0.5, 0.6) is 0 Å². The maximum Gasteiger partial charge on any atom is 0.144 e. The monoisotopic (exact) mass is 329 g/mol. The summed E-state index contributed by atoms with van der Waals surface area (Å²) in [6, 6.07) is 16.9. The summed E-state index contributed by atoms with van der Waals surface area (Å²) in [7, 11) is 0. The molecule has 0 aliphatic carbocycles. The maximum atomic E-state index is 6.43. The number of hydrogen-bond donors (Lipinski definition) is 0. The molecule has 0 spiro atoms. The molecule has 0 atom stereocenters. The maximum absolute atomic E-state index is 6.43. The fourth-order valence-electron chi connectivity index (χ4n) is 3.44. The molecule has 0 N–H and O–H groups in total. The van der Waals surface area contributed by atoms with E-state index in [0.29, 0.717) is 11.8 Å². The van der Waals surface area contributed by atoms with Crippen LogP contribution in [-0.2, 0) is 0 Å². The average Bonchev–Trinajstić information content (AvgIpc) is 3.00. The van der Waals surface area contributed by atoms with Gasteiger partial charge in [-0.05, 0) is 47.2 Å². The molecule has 2 aromatic carbocycles. The van der Waals surface area contributed by atoms with Gasteiger partial charge < -0.3 is 4.42 Å². The average molecular weight is 329 g/mol. The Morgan fingerprint density at radius 3 is 2.32 bits per heavy atom. The molecule has 0 fully saturated rings. The van der Waals surface area contributed by atoms with E-state index < -0.39 is 0 Å². The molecule has 4 aromatic rings. The molecule has 4 rings (SSSR count). The third-order valence-electron chi connectivity index (χ3n) is 4.88. The summed E-state index contributed by atoms with van der Waals surface area (Å²) in [5.74, 6) is 0.908. The molecule has 0 aliphatic rings. The number of para-hydroxylation sites is 1. The zero-order valence-electron chi connectivity index (χ0n) is 15.2. The van der Waals surface area contributed by atoms with Gasteiger partial charge >= 0.3 is 0 Å². The first-order chi connectivity index (χ1) is 12.1. The molecular weight excluding hydrogens is 306 g/mol. The first kappa shape index (κ1) is 15.9. The Bertz CT molecular complexity index is 1040. The summed E-state index contributed by atoms with van der Waals surface area (Å²) in [4.78, 5) is 4.51. The van der Waals surface area contributed by atoms with Gasteiger partial charge in [-0.3, -0.25) is 4.98 Å². The van der Waals surface area contributed by atoms with Crippen molar-refractivity contribution in [2.75, 3.05) is 0 Å². The second-order valence-corrected chi connectivity index (χ2v) is 7.30. The number of furan rings is 1. The Hall–Kier alpha value is -2.61. The summed E-state index contributed by atoms with van der Waals surface area (Å²) >= 11 is 0. The van der Waals surface area contributed by atoms with Gasteiger partial charge in [0.1, 0.15) is 11.2 Å². The van der Waals surface area contributed by atoms with E-state index in [1.54, 1.807) is 0 Å². The normalized spacial score (nSPS) is 11.9. The van der Waals surface area contributed by atoms with Crippen molar-refractivity contribution in [1.29, 1.82) is 0 Å². The lowest BCUT2D eigenvalue weighted by Crippen LogP contribution is -1.93. The summed E-state index contributed by atoms with van der Waals surface area (Å²) in [6.07, 6.45) is 1.83. The zero-order valence-corrected chi connectivity index (χ0v) is 15.2. The molecule has 2 aromatic heterocycles. The molecule has 126 valence electrons. The van der Waals surface area contributed by atoms with Crippen molar-refractivity contribution < 1.29 is 4.42 Å². The highest BCUT2D eigenvalue weighted by molar-refractivity contribution is 6.10. The van der Waals surface area contributed by atoms with Gasteiger partial charge in [0.05, 0.1) is 5.69 Å². The second-order valence-electron chi connectivity index (χ2n) is 7.30. The number of hydrogen-bond acceptors (Lipinski definition) is 2. The number of rotatable bonds is 3. The minimum Gasteiger partial charge on any atom is -0.455 e. The van der Waals surface area contributed by atoms with E-state index in [0.717, 1.165) is 22.4 Å². The fourth-order valence-corrected chi connectivity index (χ4v) is 3.44. The molecule has 25 heavy (non-hydrogen) atoms. The van der Waals surface area contributed by atoms with E-state index in [-0.39, 0.29) is 0 Å². The van der Waals surface area contributed by atoms with Gasteiger partial charge in [0.15, 0.2) is 0 Å². The van der Waals surface area contributed by atoms with E-state index >= 15 is 0 Å². The SMILES string of the molecule is CC(C)c1cc(C(C)C)c2oc3c(-c4ccccn4)cccc3c2c1. The topological polar surface area (TPSA) is 26.0 Å². The largest absolute Gasteiger partial charge is 0.455 e. The summed E-state index contributed by atoms with van der Waals surface area (Å²) < 4.78 is 6.43. The molecule has 2 heteroatoms. The third kappa shape index (κ3) is 2.62. The molecule has 0 radical (unpaired) electrons. The van der Waals surface area contributed by atoms with Crippen molar-refractivity contribution >= 4 is 21.9 Å². The third-order valence-corrected chi connectivity index (χ3v) is 4.88. The van der Waals surface area contributed by atoms with E-state index in [1.807, 2.05) is 24.4 Å². The van der Waals surface area contributed by atoms with Crippen LogP contribution in [0.2, 0.25) is 0 Å². The fraction of sp³-hybridized carbons (Fsp3) is 0.261. The van der Waals surface area contributed by atoms with Crippen LogP contribution in [0.1, 0.15) is 50.7 Å². The van der Waals surface area contributed by atoms with Gasteiger partial charge in [-0.1, -0.05) is 52.0 Å². The molecule has 2 heterocycles. The predicted octanol–water partition coefficient (Wildman–Crippen LogP) is 6.89. The first-order valence-electron chi connectivity index (χ1n) is 8.96.